The Bertz CT molecular complexity index is 455. The van der Waals surface area contributed by atoms with Crippen LogP contribution >= 0.6 is 0 Å². The van der Waals surface area contributed by atoms with Gasteiger partial charge in [0.05, 0.1) is 0 Å². The van der Waals surface area contributed by atoms with Crippen molar-refractivity contribution in [2.45, 2.75) is 32.1 Å². The molecule has 0 saturated carbocycles. The van der Waals surface area contributed by atoms with E-state index in [-0.39, 0.29) is 5.92 Å². The Morgan fingerprint density at radius 1 is 1.31 bits per heavy atom. The molecule has 3 nitrogen and oxygen atoms in total. The number of fused-ring (bicyclic) bond motifs is 1. The summed E-state index contributed by atoms with van der Waals surface area (Å²) in [4.78, 5) is 0. The molecule has 0 saturated heterocycles. The van der Waals surface area contributed by atoms with E-state index in [1.807, 2.05) is 0 Å². The zero-order valence-corrected chi connectivity index (χ0v) is 9.24. The van der Waals surface area contributed by atoms with Crippen molar-refractivity contribution < 1.29 is 5.21 Å². The molecular weight excluding hydrogens is 200 g/mol. The quantitative estimate of drug-likeness (QED) is 0.306. The second kappa shape index (κ2) is 3.51. The highest BCUT2D eigenvalue weighted by Gasteiger charge is 2.32. The van der Waals surface area contributed by atoms with Crippen LogP contribution in [0.5, 0.6) is 0 Å². The van der Waals surface area contributed by atoms with Gasteiger partial charge >= 0.3 is 0 Å². The van der Waals surface area contributed by atoms with Gasteiger partial charge in [-0.2, -0.15) is 0 Å². The smallest absolute Gasteiger partial charge is 0.142 e. The fourth-order valence-corrected chi connectivity index (χ4v) is 3.13. The van der Waals surface area contributed by atoms with Crippen LogP contribution in [0.1, 0.15) is 32.1 Å². The predicted molar refractivity (Wildman–Crippen MR) is 63.2 cm³/mol. The van der Waals surface area contributed by atoms with E-state index >= 15 is 0 Å². The summed E-state index contributed by atoms with van der Waals surface area (Å²) >= 11 is 0. The molecule has 16 heavy (non-hydrogen) atoms. The third kappa shape index (κ3) is 1.31. The van der Waals surface area contributed by atoms with Crippen LogP contribution < -0.4 is 5.73 Å². The molecule has 1 atom stereocenters. The summed E-state index contributed by atoms with van der Waals surface area (Å²) in [5.74, 6) is 0.606. The summed E-state index contributed by atoms with van der Waals surface area (Å²) in [5.41, 5.74) is 11.8. The lowest BCUT2D eigenvalue weighted by Crippen LogP contribution is -2.21. The van der Waals surface area contributed by atoms with Gasteiger partial charge < -0.3 is 10.9 Å². The van der Waals surface area contributed by atoms with Crippen LogP contribution in [0.3, 0.4) is 0 Å². The fraction of sp³-hybridized carbons (Fsp3) is 0.462. The van der Waals surface area contributed by atoms with Crippen molar-refractivity contribution in [1.29, 1.82) is 0 Å². The second-order valence-corrected chi connectivity index (χ2v) is 4.84. The monoisotopic (exact) mass is 216 g/mol. The van der Waals surface area contributed by atoms with Gasteiger partial charge in [0.25, 0.3) is 0 Å². The van der Waals surface area contributed by atoms with Crippen molar-refractivity contribution >= 4 is 5.84 Å². The molecule has 3 aliphatic rings. The highest BCUT2D eigenvalue weighted by molar-refractivity contribution is 5.84. The van der Waals surface area contributed by atoms with E-state index in [1.165, 1.54) is 29.6 Å². The minimum absolute atomic E-state index is 0.218. The molecular formula is C13H16N2O. The molecule has 1 unspecified atom stereocenters. The number of nitrogens with zero attached hydrogens (tertiary/aromatic N) is 1. The van der Waals surface area contributed by atoms with Gasteiger partial charge in [0.1, 0.15) is 5.84 Å². The van der Waals surface area contributed by atoms with Crippen LogP contribution in [-0.4, -0.2) is 11.0 Å². The first-order valence-corrected chi connectivity index (χ1v) is 5.87. The first kappa shape index (κ1) is 9.70. The lowest BCUT2D eigenvalue weighted by Gasteiger charge is -2.16. The SMILES string of the molecule is NC(=NO)C1CC2=C(C1)C1=C(CC=C1)CC2. The maximum absolute atomic E-state index is 8.73. The van der Waals surface area contributed by atoms with E-state index in [1.54, 1.807) is 5.57 Å². The Balaban J connectivity index is 1.89. The largest absolute Gasteiger partial charge is 0.409 e. The summed E-state index contributed by atoms with van der Waals surface area (Å²) in [6, 6.07) is 0. The third-order valence-electron chi connectivity index (χ3n) is 3.99. The number of amidine groups is 1. The fourth-order valence-electron chi connectivity index (χ4n) is 3.13. The minimum atomic E-state index is 0.218. The molecule has 0 radical (unpaired) electrons. The van der Waals surface area contributed by atoms with Gasteiger partial charge in [-0.15, -0.1) is 0 Å². The van der Waals surface area contributed by atoms with E-state index in [4.69, 9.17) is 10.9 Å². The van der Waals surface area contributed by atoms with Crippen LogP contribution in [0, 0.1) is 5.92 Å². The van der Waals surface area contributed by atoms with Crippen molar-refractivity contribution in [3.63, 3.8) is 0 Å². The van der Waals surface area contributed by atoms with Crippen LogP contribution in [0.4, 0.5) is 0 Å². The second-order valence-electron chi connectivity index (χ2n) is 4.84. The molecule has 3 N–H and O–H groups in total. The number of oxime groups is 1. The molecule has 0 heterocycles. The van der Waals surface area contributed by atoms with E-state index in [0.717, 1.165) is 19.3 Å². The van der Waals surface area contributed by atoms with Gasteiger partial charge in [0, 0.05) is 5.92 Å². The summed E-state index contributed by atoms with van der Waals surface area (Å²) in [6.07, 6.45) is 9.93. The molecule has 3 aliphatic carbocycles. The lowest BCUT2D eigenvalue weighted by molar-refractivity contribution is 0.314. The summed E-state index contributed by atoms with van der Waals surface area (Å²) in [6.45, 7) is 0. The average Bonchev–Trinajstić information content (AvgIpc) is 2.92. The Morgan fingerprint density at radius 2 is 2.12 bits per heavy atom. The Hall–Kier alpha value is -1.51. The first-order chi connectivity index (χ1) is 7.79. The van der Waals surface area contributed by atoms with E-state index in [2.05, 4.69) is 17.3 Å². The minimum Gasteiger partial charge on any atom is -0.409 e. The number of allylic oxidation sites excluding steroid dienone is 6. The standard InChI is InChI=1S/C13H16N2O/c14-13(15-16)10-6-9-5-4-8-2-1-3-11(8)12(9)7-10/h1,3,10,16H,2,4-7H2,(H2,14,15). The third-order valence-corrected chi connectivity index (χ3v) is 3.99. The molecule has 3 rings (SSSR count). The van der Waals surface area contributed by atoms with Gasteiger partial charge in [0.2, 0.25) is 0 Å². The highest BCUT2D eigenvalue weighted by atomic mass is 16.4. The zero-order valence-electron chi connectivity index (χ0n) is 9.24. The molecule has 0 aliphatic heterocycles. The number of hydrogen-bond acceptors (Lipinski definition) is 2. The molecule has 0 aromatic carbocycles. The molecule has 84 valence electrons. The topological polar surface area (TPSA) is 58.6 Å². The summed E-state index contributed by atoms with van der Waals surface area (Å²) < 4.78 is 0. The number of nitrogens with two attached hydrogens (primary N) is 1. The Labute approximate surface area is 95.0 Å². The predicted octanol–water partition coefficient (Wildman–Crippen LogP) is 2.49. The van der Waals surface area contributed by atoms with Crippen molar-refractivity contribution in [1.82, 2.24) is 0 Å². The molecule has 0 aromatic heterocycles. The molecule has 0 aromatic rings. The molecule has 0 bridgehead atoms. The maximum atomic E-state index is 8.73. The van der Waals surface area contributed by atoms with Crippen LogP contribution in [-0.2, 0) is 0 Å². The van der Waals surface area contributed by atoms with Crippen molar-refractivity contribution in [2.24, 2.45) is 16.8 Å². The number of rotatable bonds is 1. The van der Waals surface area contributed by atoms with Crippen LogP contribution in [0.2, 0.25) is 0 Å². The van der Waals surface area contributed by atoms with Gasteiger partial charge in [-0.25, -0.2) is 0 Å². The van der Waals surface area contributed by atoms with Gasteiger partial charge in [-0.3, -0.25) is 0 Å². The van der Waals surface area contributed by atoms with Crippen LogP contribution in [0.15, 0.2) is 39.6 Å². The first-order valence-electron chi connectivity index (χ1n) is 5.87. The normalized spacial score (nSPS) is 28.8. The Morgan fingerprint density at radius 3 is 2.94 bits per heavy atom. The van der Waals surface area contributed by atoms with Crippen molar-refractivity contribution in [3.8, 4) is 0 Å². The Kier molecular flexibility index (Phi) is 2.13. The van der Waals surface area contributed by atoms with Gasteiger partial charge in [0.15, 0.2) is 0 Å². The zero-order chi connectivity index (χ0) is 11.1. The number of hydrogen-bond donors (Lipinski definition) is 2. The lowest BCUT2D eigenvalue weighted by atomic mass is 9.89. The van der Waals surface area contributed by atoms with E-state index in [9.17, 15) is 0 Å². The van der Waals surface area contributed by atoms with Gasteiger partial charge in [-0.1, -0.05) is 28.5 Å². The molecule has 3 heteroatoms. The summed E-state index contributed by atoms with van der Waals surface area (Å²) in [5, 5.41) is 11.9. The molecule has 0 fully saturated rings. The van der Waals surface area contributed by atoms with E-state index < -0.39 is 0 Å². The average molecular weight is 216 g/mol. The maximum Gasteiger partial charge on any atom is 0.142 e. The van der Waals surface area contributed by atoms with Crippen molar-refractivity contribution in [3.05, 3.63) is 34.4 Å². The van der Waals surface area contributed by atoms with E-state index in [0.29, 0.717) is 5.84 Å². The van der Waals surface area contributed by atoms with Gasteiger partial charge in [-0.05, 0) is 43.3 Å². The van der Waals surface area contributed by atoms with Crippen LogP contribution in [0.25, 0.3) is 0 Å². The molecule has 0 spiro atoms. The highest BCUT2D eigenvalue weighted by Crippen LogP contribution is 2.46. The summed E-state index contributed by atoms with van der Waals surface area (Å²) in [7, 11) is 0. The molecule has 0 amide bonds. The van der Waals surface area contributed by atoms with Crippen molar-refractivity contribution in [2.75, 3.05) is 0 Å².